The van der Waals surface area contributed by atoms with Gasteiger partial charge in [-0.1, -0.05) is 30.3 Å². The van der Waals surface area contributed by atoms with Gasteiger partial charge in [0.1, 0.15) is 6.61 Å². The summed E-state index contributed by atoms with van der Waals surface area (Å²) in [5, 5.41) is 2.45. The molecule has 0 aliphatic heterocycles. The van der Waals surface area contributed by atoms with Gasteiger partial charge in [-0.25, -0.2) is 4.39 Å². The molecule has 0 heterocycles. The Morgan fingerprint density at radius 1 is 1.09 bits per heavy atom. The molecule has 2 aromatic carbocycles. The first-order valence-electron chi connectivity index (χ1n) is 6.97. The molecule has 0 aliphatic carbocycles. The van der Waals surface area contributed by atoms with Crippen LogP contribution in [-0.2, 0) is 16.1 Å². The molecule has 2 rings (SSSR count). The highest BCUT2D eigenvalue weighted by atomic mass is 19.1. The molecular formula is C17H18FNO4. The average molecular weight is 319 g/mol. The summed E-state index contributed by atoms with van der Waals surface area (Å²) in [5.74, 6) is -0.483. The second-order valence-electron chi connectivity index (χ2n) is 4.71. The van der Waals surface area contributed by atoms with E-state index in [2.05, 4.69) is 5.32 Å². The fourth-order valence-corrected chi connectivity index (χ4v) is 1.97. The normalized spacial score (nSPS) is 10.2. The summed E-state index contributed by atoms with van der Waals surface area (Å²) in [5.41, 5.74) is 0.966. The molecular weight excluding hydrogens is 301 g/mol. The quantitative estimate of drug-likeness (QED) is 0.852. The molecule has 1 N–H and O–H groups in total. The van der Waals surface area contributed by atoms with Gasteiger partial charge in [-0.15, -0.1) is 0 Å². The maximum atomic E-state index is 13.9. The lowest BCUT2D eigenvalue weighted by Crippen LogP contribution is -2.19. The first-order valence-corrected chi connectivity index (χ1v) is 6.97. The van der Waals surface area contributed by atoms with Crippen molar-refractivity contribution in [1.29, 1.82) is 0 Å². The van der Waals surface area contributed by atoms with Crippen molar-refractivity contribution < 1.29 is 23.4 Å². The van der Waals surface area contributed by atoms with Gasteiger partial charge in [-0.2, -0.15) is 0 Å². The van der Waals surface area contributed by atoms with E-state index in [0.29, 0.717) is 12.4 Å². The van der Waals surface area contributed by atoms with Crippen LogP contribution in [0, 0.1) is 5.82 Å². The molecule has 0 aliphatic rings. The lowest BCUT2D eigenvalue weighted by molar-refractivity contribution is -0.121. The van der Waals surface area contributed by atoms with Crippen LogP contribution in [0.1, 0.15) is 5.56 Å². The van der Waals surface area contributed by atoms with Gasteiger partial charge in [-0.3, -0.25) is 4.79 Å². The first kappa shape index (κ1) is 16.8. The molecule has 0 atom stereocenters. The van der Waals surface area contributed by atoms with Crippen molar-refractivity contribution in [2.75, 3.05) is 26.1 Å². The summed E-state index contributed by atoms with van der Waals surface area (Å²) >= 11 is 0. The Bertz CT molecular complexity index is 661. The standard InChI is InChI=1S/C17H18FNO4/c1-21-15-8-13(18)14(9-16(15)22-2)19-17(20)11-23-10-12-6-4-3-5-7-12/h3-9H,10-11H2,1-2H3,(H,19,20). The zero-order valence-corrected chi connectivity index (χ0v) is 13.0. The number of amides is 1. The Morgan fingerprint density at radius 2 is 1.74 bits per heavy atom. The third-order valence-corrected chi connectivity index (χ3v) is 3.09. The summed E-state index contributed by atoms with van der Waals surface area (Å²) in [6, 6.07) is 12.0. The van der Waals surface area contributed by atoms with Gasteiger partial charge >= 0.3 is 0 Å². The van der Waals surface area contributed by atoms with Crippen LogP contribution in [0.2, 0.25) is 0 Å². The molecule has 23 heavy (non-hydrogen) atoms. The van der Waals surface area contributed by atoms with Gasteiger partial charge in [0.05, 0.1) is 26.5 Å². The molecule has 5 nitrogen and oxygen atoms in total. The molecule has 6 heteroatoms. The van der Waals surface area contributed by atoms with Gasteiger partial charge < -0.3 is 19.5 Å². The molecule has 0 saturated carbocycles. The van der Waals surface area contributed by atoms with Crippen molar-refractivity contribution in [2.45, 2.75) is 6.61 Å². The van der Waals surface area contributed by atoms with E-state index in [1.165, 1.54) is 20.3 Å². The molecule has 1 amide bonds. The minimum atomic E-state index is -0.612. The van der Waals surface area contributed by atoms with E-state index in [4.69, 9.17) is 14.2 Å². The van der Waals surface area contributed by atoms with Crippen molar-refractivity contribution in [3.63, 3.8) is 0 Å². The van der Waals surface area contributed by atoms with Crippen molar-refractivity contribution in [2.24, 2.45) is 0 Å². The molecule has 0 bridgehead atoms. The third kappa shape index (κ3) is 4.69. The van der Waals surface area contributed by atoms with Crippen LogP contribution >= 0.6 is 0 Å². The smallest absolute Gasteiger partial charge is 0.250 e. The molecule has 0 radical (unpaired) electrons. The summed E-state index contributed by atoms with van der Waals surface area (Å²) < 4.78 is 29.3. The predicted octanol–water partition coefficient (Wildman–Crippen LogP) is 3.00. The average Bonchev–Trinajstić information content (AvgIpc) is 2.57. The number of carbonyl (C=O) groups excluding carboxylic acids is 1. The number of carbonyl (C=O) groups is 1. The van der Waals surface area contributed by atoms with E-state index >= 15 is 0 Å². The van der Waals surface area contributed by atoms with Gasteiger partial charge in [0.25, 0.3) is 0 Å². The lowest BCUT2D eigenvalue weighted by atomic mass is 10.2. The van der Waals surface area contributed by atoms with E-state index in [9.17, 15) is 9.18 Å². The Balaban J connectivity index is 1.92. The fraction of sp³-hybridized carbons (Fsp3) is 0.235. The second-order valence-corrected chi connectivity index (χ2v) is 4.71. The van der Waals surface area contributed by atoms with Gasteiger partial charge in [0.2, 0.25) is 5.91 Å². The van der Waals surface area contributed by atoms with Gasteiger partial charge in [-0.05, 0) is 5.56 Å². The Kier molecular flexibility index (Phi) is 5.94. The largest absolute Gasteiger partial charge is 0.493 e. The number of rotatable bonds is 7. The predicted molar refractivity (Wildman–Crippen MR) is 84.2 cm³/mol. The number of benzene rings is 2. The highest BCUT2D eigenvalue weighted by Gasteiger charge is 2.13. The summed E-state index contributed by atoms with van der Waals surface area (Å²) in [6.07, 6.45) is 0. The maximum absolute atomic E-state index is 13.9. The van der Waals surface area contributed by atoms with E-state index in [1.807, 2.05) is 30.3 Å². The summed E-state index contributed by atoms with van der Waals surface area (Å²) in [6.45, 7) is 0.130. The van der Waals surface area contributed by atoms with Crippen LogP contribution in [0.5, 0.6) is 11.5 Å². The Hall–Kier alpha value is -2.60. The van der Waals surface area contributed by atoms with Crippen molar-refractivity contribution in [1.82, 2.24) is 0 Å². The number of hydrogen-bond acceptors (Lipinski definition) is 4. The van der Waals surface area contributed by atoms with Crippen LogP contribution in [0.3, 0.4) is 0 Å². The topological polar surface area (TPSA) is 56.8 Å². The van der Waals surface area contributed by atoms with E-state index in [0.717, 1.165) is 11.6 Å². The van der Waals surface area contributed by atoms with E-state index in [-0.39, 0.29) is 18.0 Å². The Morgan fingerprint density at radius 3 is 2.39 bits per heavy atom. The molecule has 0 unspecified atom stereocenters. The van der Waals surface area contributed by atoms with Crippen LogP contribution in [0.15, 0.2) is 42.5 Å². The van der Waals surface area contributed by atoms with E-state index < -0.39 is 11.7 Å². The fourth-order valence-electron chi connectivity index (χ4n) is 1.97. The Labute approximate surface area is 134 Å². The number of halogens is 1. The van der Waals surface area contributed by atoms with Gasteiger partial charge in [0, 0.05) is 12.1 Å². The SMILES string of the molecule is COc1cc(F)c(NC(=O)COCc2ccccc2)cc1OC. The van der Waals surface area contributed by atoms with Crippen molar-refractivity contribution in [3.05, 3.63) is 53.8 Å². The van der Waals surface area contributed by atoms with Crippen LogP contribution in [-0.4, -0.2) is 26.7 Å². The molecule has 0 spiro atoms. The zero-order valence-electron chi connectivity index (χ0n) is 13.0. The molecule has 0 fully saturated rings. The minimum absolute atomic E-state index is 0.0101. The summed E-state index contributed by atoms with van der Waals surface area (Å²) in [7, 11) is 2.84. The van der Waals surface area contributed by atoms with Crippen LogP contribution in [0.25, 0.3) is 0 Å². The highest BCUT2D eigenvalue weighted by Crippen LogP contribution is 2.32. The molecule has 0 saturated heterocycles. The zero-order chi connectivity index (χ0) is 16.7. The monoisotopic (exact) mass is 319 g/mol. The second kappa shape index (κ2) is 8.14. The van der Waals surface area contributed by atoms with Crippen molar-refractivity contribution >= 4 is 11.6 Å². The van der Waals surface area contributed by atoms with Crippen molar-refractivity contribution in [3.8, 4) is 11.5 Å². The first-order chi connectivity index (χ1) is 11.1. The number of nitrogens with one attached hydrogen (secondary N) is 1. The molecule has 122 valence electrons. The van der Waals surface area contributed by atoms with Crippen LogP contribution < -0.4 is 14.8 Å². The van der Waals surface area contributed by atoms with E-state index in [1.54, 1.807) is 0 Å². The number of methoxy groups -OCH3 is 2. The maximum Gasteiger partial charge on any atom is 0.250 e. The third-order valence-electron chi connectivity index (χ3n) is 3.09. The number of ether oxygens (including phenoxy) is 3. The lowest BCUT2D eigenvalue weighted by Gasteiger charge is -2.12. The molecule has 2 aromatic rings. The van der Waals surface area contributed by atoms with Gasteiger partial charge in [0.15, 0.2) is 17.3 Å². The number of hydrogen-bond donors (Lipinski definition) is 1. The minimum Gasteiger partial charge on any atom is -0.493 e. The number of anilines is 1. The highest BCUT2D eigenvalue weighted by molar-refractivity contribution is 5.92. The molecule has 0 aromatic heterocycles. The summed E-state index contributed by atoms with van der Waals surface area (Å²) in [4.78, 5) is 11.8. The van der Waals surface area contributed by atoms with Crippen LogP contribution in [0.4, 0.5) is 10.1 Å².